The van der Waals surface area contributed by atoms with Gasteiger partial charge in [0.2, 0.25) is 5.91 Å². The highest BCUT2D eigenvalue weighted by Gasteiger charge is 2.35. The first-order valence-electron chi connectivity index (χ1n) is 10.6. The lowest BCUT2D eigenvalue weighted by atomic mass is 9.93. The van der Waals surface area contributed by atoms with Gasteiger partial charge in [-0.15, -0.1) is 0 Å². The number of piperidine rings is 2. The summed E-state index contributed by atoms with van der Waals surface area (Å²) in [5.74, 6) is 0.226. The molecule has 3 saturated heterocycles. The van der Waals surface area contributed by atoms with E-state index in [0.29, 0.717) is 25.0 Å². The predicted molar refractivity (Wildman–Crippen MR) is 105 cm³/mol. The Morgan fingerprint density at radius 2 is 1.71 bits per heavy atom. The minimum absolute atomic E-state index is 0.0612. The van der Waals surface area contributed by atoms with Gasteiger partial charge in [-0.3, -0.25) is 14.5 Å². The van der Waals surface area contributed by atoms with Gasteiger partial charge in [0.1, 0.15) is 5.75 Å². The van der Waals surface area contributed by atoms with E-state index in [4.69, 9.17) is 0 Å². The van der Waals surface area contributed by atoms with Crippen LogP contribution >= 0.6 is 0 Å². The van der Waals surface area contributed by atoms with Crippen molar-refractivity contribution in [2.24, 2.45) is 5.92 Å². The highest BCUT2D eigenvalue weighted by Crippen LogP contribution is 2.27. The van der Waals surface area contributed by atoms with E-state index >= 15 is 0 Å². The first-order chi connectivity index (χ1) is 13.6. The number of carbonyl (C=O) groups excluding carboxylic acids is 2. The van der Waals surface area contributed by atoms with E-state index in [1.54, 1.807) is 11.0 Å². The molecule has 3 aliphatic heterocycles. The molecular formula is C21H30N4O3. The SMILES string of the molecule is O=C(c1ncccc1O)N1CCC(N2CCC[C@@H](C(=O)N3CCCC3)C2)CC1. The first-order valence-corrected chi connectivity index (χ1v) is 10.6. The summed E-state index contributed by atoms with van der Waals surface area (Å²) < 4.78 is 0. The van der Waals surface area contributed by atoms with Crippen LogP contribution in [0.25, 0.3) is 0 Å². The van der Waals surface area contributed by atoms with E-state index in [1.807, 2.05) is 0 Å². The molecule has 2 amide bonds. The molecule has 0 saturated carbocycles. The normalized spacial score (nSPS) is 24.5. The lowest BCUT2D eigenvalue weighted by Crippen LogP contribution is -2.51. The van der Waals surface area contributed by atoms with Crippen molar-refractivity contribution in [1.82, 2.24) is 19.7 Å². The third-order valence-electron chi connectivity index (χ3n) is 6.48. The average molecular weight is 386 g/mol. The fraction of sp³-hybridized carbons (Fsp3) is 0.667. The zero-order valence-corrected chi connectivity index (χ0v) is 16.4. The topological polar surface area (TPSA) is 77.0 Å². The first kappa shape index (κ1) is 19.2. The molecule has 0 aromatic carbocycles. The van der Waals surface area contributed by atoms with Gasteiger partial charge in [-0.25, -0.2) is 4.98 Å². The number of likely N-dealkylation sites (tertiary alicyclic amines) is 3. The van der Waals surface area contributed by atoms with Crippen molar-refractivity contribution in [2.45, 2.75) is 44.6 Å². The van der Waals surface area contributed by atoms with Crippen LogP contribution in [0, 0.1) is 5.92 Å². The van der Waals surface area contributed by atoms with E-state index in [1.165, 1.54) is 12.3 Å². The third-order valence-corrected chi connectivity index (χ3v) is 6.48. The van der Waals surface area contributed by atoms with Crippen molar-refractivity contribution in [3.63, 3.8) is 0 Å². The number of hydrogen-bond donors (Lipinski definition) is 1. The molecule has 7 nitrogen and oxygen atoms in total. The highest BCUT2D eigenvalue weighted by atomic mass is 16.3. The molecule has 0 unspecified atom stereocenters. The maximum atomic E-state index is 12.8. The molecule has 3 fully saturated rings. The molecule has 0 radical (unpaired) electrons. The Hall–Kier alpha value is -2.15. The number of aromatic hydroxyl groups is 1. The van der Waals surface area contributed by atoms with Crippen LogP contribution < -0.4 is 0 Å². The van der Waals surface area contributed by atoms with Crippen LogP contribution in [0.4, 0.5) is 0 Å². The van der Waals surface area contributed by atoms with Gasteiger partial charge in [0.25, 0.3) is 5.91 Å². The van der Waals surface area contributed by atoms with Crippen molar-refractivity contribution in [3.8, 4) is 5.75 Å². The minimum Gasteiger partial charge on any atom is -0.505 e. The zero-order valence-electron chi connectivity index (χ0n) is 16.4. The second-order valence-electron chi connectivity index (χ2n) is 8.26. The number of hydrogen-bond acceptors (Lipinski definition) is 5. The summed E-state index contributed by atoms with van der Waals surface area (Å²) >= 11 is 0. The fourth-order valence-electron chi connectivity index (χ4n) is 4.88. The molecule has 0 bridgehead atoms. The Labute approximate surface area is 166 Å². The van der Waals surface area contributed by atoms with Gasteiger partial charge in [0.05, 0.1) is 5.92 Å². The molecule has 1 aromatic rings. The maximum Gasteiger partial charge on any atom is 0.276 e. The minimum atomic E-state index is -0.197. The van der Waals surface area contributed by atoms with Crippen molar-refractivity contribution in [3.05, 3.63) is 24.0 Å². The van der Waals surface area contributed by atoms with Gasteiger partial charge in [0.15, 0.2) is 5.69 Å². The summed E-state index contributed by atoms with van der Waals surface area (Å²) in [6.07, 6.45) is 7.70. The van der Waals surface area contributed by atoms with E-state index in [9.17, 15) is 14.7 Å². The van der Waals surface area contributed by atoms with Crippen LogP contribution in [0.15, 0.2) is 18.3 Å². The lowest BCUT2D eigenvalue weighted by Gasteiger charge is -2.42. The molecule has 1 atom stereocenters. The predicted octanol–water partition coefficient (Wildman–Crippen LogP) is 1.73. The second kappa shape index (κ2) is 8.47. The fourth-order valence-corrected chi connectivity index (χ4v) is 4.88. The highest BCUT2D eigenvalue weighted by molar-refractivity contribution is 5.94. The van der Waals surface area contributed by atoms with Gasteiger partial charge in [-0.05, 0) is 57.2 Å². The third kappa shape index (κ3) is 3.99. The Balaban J connectivity index is 1.31. The summed E-state index contributed by atoms with van der Waals surface area (Å²) in [5, 5.41) is 9.88. The molecule has 1 aromatic heterocycles. The molecule has 1 N–H and O–H groups in total. The van der Waals surface area contributed by atoms with E-state index in [2.05, 4.69) is 14.8 Å². The smallest absolute Gasteiger partial charge is 0.276 e. The largest absolute Gasteiger partial charge is 0.505 e. The van der Waals surface area contributed by atoms with Crippen molar-refractivity contribution in [2.75, 3.05) is 39.3 Å². The zero-order chi connectivity index (χ0) is 19.5. The maximum absolute atomic E-state index is 12.8. The Bertz CT molecular complexity index is 711. The summed E-state index contributed by atoms with van der Waals surface area (Å²) in [4.78, 5) is 35.8. The Morgan fingerprint density at radius 1 is 0.964 bits per heavy atom. The van der Waals surface area contributed by atoms with Crippen LogP contribution in [-0.2, 0) is 4.79 Å². The monoisotopic (exact) mass is 386 g/mol. The van der Waals surface area contributed by atoms with Gasteiger partial charge in [-0.1, -0.05) is 0 Å². The molecule has 28 heavy (non-hydrogen) atoms. The molecule has 152 valence electrons. The van der Waals surface area contributed by atoms with Crippen LogP contribution in [0.2, 0.25) is 0 Å². The second-order valence-corrected chi connectivity index (χ2v) is 8.26. The quantitative estimate of drug-likeness (QED) is 0.856. The molecule has 0 spiro atoms. The number of carbonyl (C=O) groups is 2. The van der Waals surface area contributed by atoms with Crippen LogP contribution in [0.3, 0.4) is 0 Å². The molecule has 7 heteroatoms. The van der Waals surface area contributed by atoms with Gasteiger partial charge < -0.3 is 14.9 Å². The van der Waals surface area contributed by atoms with Gasteiger partial charge in [0, 0.05) is 45.0 Å². The van der Waals surface area contributed by atoms with Crippen molar-refractivity contribution in [1.29, 1.82) is 0 Å². The number of nitrogens with zero attached hydrogens (tertiary/aromatic N) is 4. The van der Waals surface area contributed by atoms with Crippen molar-refractivity contribution >= 4 is 11.8 Å². The van der Waals surface area contributed by atoms with E-state index in [0.717, 1.165) is 64.7 Å². The van der Waals surface area contributed by atoms with E-state index < -0.39 is 0 Å². The lowest BCUT2D eigenvalue weighted by molar-refractivity contribution is -0.136. The van der Waals surface area contributed by atoms with Gasteiger partial charge in [-0.2, -0.15) is 0 Å². The molecule has 4 heterocycles. The van der Waals surface area contributed by atoms with Crippen LogP contribution in [0.1, 0.15) is 49.0 Å². The van der Waals surface area contributed by atoms with Crippen LogP contribution in [0.5, 0.6) is 5.75 Å². The number of aromatic nitrogens is 1. The van der Waals surface area contributed by atoms with Crippen molar-refractivity contribution < 1.29 is 14.7 Å². The molecule has 3 aliphatic rings. The number of pyridine rings is 1. The summed E-state index contributed by atoms with van der Waals surface area (Å²) in [5.41, 5.74) is 0.134. The average Bonchev–Trinajstić information content (AvgIpc) is 3.28. The van der Waals surface area contributed by atoms with E-state index in [-0.39, 0.29) is 23.3 Å². The number of rotatable bonds is 3. The summed E-state index contributed by atoms with van der Waals surface area (Å²) in [6, 6.07) is 3.54. The summed E-state index contributed by atoms with van der Waals surface area (Å²) in [6.45, 7) is 5.09. The molecule has 0 aliphatic carbocycles. The Morgan fingerprint density at radius 3 is 2.43 bits per heavy atom. The Kier molecular flexibility index (Phi) is 5.80. The molecular weight excluding hydrogens is 356 g/mol. The summed E-state index contributed by atoms with van der Waals surface area (Å²) in [7, 11) is 0. The molecule has 4 rings (SSSR count). The van der Waals surface area contributed by atoms with Crippen LogP contribution in [-0.4, -0.2) is 81.9 Å². The standard InChI is InChI=1S/C21H30N4O3/c26-18-6-3-9-22-19(18)21(28)24-13-7-17(8-14-24)25-12-4-5-16(15-25)20(27)23-10-1-2-11-23/h3,6,9,16-17,26H,1-2,4-5,7-8,10-15H2/t16-/m1/s1. The number of amides is 2. The van der Waals surface area contributed by atoms with Gasteiger partial charge >= 0.3 is 0 Å².